The van der Waals surface area contributed by atoms with Gasteiger partial charge in [0.25, 0.3) is 5.91 Å². The molecule has 0 saturated carbocycles. The molecule has 0 aromatic carbocycles. The second kappa shape index (κ2) is 6.66. The second-order valence-electron chi connectivity index (χ2n) is 7.57. The summed E-state index contributed by atoms with van der Waals surface area (Å²) in [7, 11) is 0. The molecular formula is C19H21N7OS. The van der Waals surface area contributed by atoms with E-state index in [-0.39, 0.29) is 5.91 Å². The van der Waals surface area contributed by atoms with Crippen LogP contribution in [0, 0.1) is 25.7 Å². The summed E-state index contributed by atoms with van der Waals surface area (Å²) in [6.07, 6.45) is 1.85. The molecule has 1 amide bonds. The molecule has 9 heteroatoms. The Hall–Kier alpha value is -2.81. The van der Waals surface area contributed by atoms with E-state index in [1.165, 1.54) is 0 Å². The van der Waals surface area contributed by atoms with Crippen LogP contribution in [-0.2, 0) is 0 Å². The molecule has 144 valence electrons. The van der Waals surface area contributed by atoms with Crippen LogP contribution in [0.5, 0.6) is 0 Å². The summed E-state index contributed by atoms with van der Waals surface area (Å²) in [6, 6.07) is 5.54. The van der Waals surface area contributed by atoms with Crippen LogP contribution in [0.2, 0.25) is 0 Å². The zero-order valence-electron chi connectivity index (χ0n) is 15.8. The Morgan fingerprint density at radius 2 is 1.89 bits per heavy atom. The fourth-order valence-corrected chi connectivity index (χ4v) is 4.93. The summed E-state index contributed by atoms with van der Waals surface area (Å²) in [5.74, 6) is 1.58. The van der Waals surface area contributed by atoms with E-state index in [0.717, 1.165) is 42.7 Å². The molecule has 0 radical (unpaired) electrons. The Morgan fingerprint density at radius 1 is 1.11 bits per heavy atom. The molecule has 0 spiro atoms. The first-order valence-electron chi connectivity index (χ1n) is 9.39. The Morgan fingerprint density at radius 3 is 2.46 bits per heavy atom. The molecule has 3 aromatic heterocycles. The van der Waals surface area contributed by atoms with Crippen LogP contribution < -0.4 is 4.90 Å². The fraction of sp³-hybridized carbons (Fsp3) is 0.421. The van der Waals surface area contributed by atoms with Crippen molar-refractivity contribution < 1.29 is 4.79 Å². The maximum atomic E-state index is 12.9. The third kappa shape index (κ3) is 2.95. The summed E-state index contributed by atoms with van der Waals surface area (Å²) in [5, 5.41) is 15.9. The average Bonchev–Trinajstić information content (AvgIpc) is 3.44. The van der Waals surface area contributed by atoms with Crippen LogP contribution in [0.15, 0.2) is 29.8 Å². The van der Waals surface area contributed by atoms with Crippen LogP contribution in [-0.4, -0.2) is 61.9 Å². The molecule has 8 nitrogen and oxygen atoms in total. The van der Waals surface area contributed by atoms with Crippen molar-refractivity contribution >= 4 is 22.4 Å². The van der Waals surface area contributed by atoms with Gasteiger partial charge >= 0.3 is 0 Å². The Balaban J connectivity index is 1.26. The number of aromatic nitrogens is 5. The highest BCUT2D eigenvalue weighted by molar-refractivity contribution is 7.13. The molecule has 0 N–H and O–H groups in total. The van der Waals surface area contributed by atoms with Gasteiger partial charge in [-0.05, 0) is 32.0 Å². The van der Waals surface area contributed by atoms with Crippen LogP contribution in [0.1, 0.15) is 21.9 Å². The second-order valence-corrected chi connectivity index (χ2v) is 8.44. The van der Waals surface area contributed by atoms with E-state index in [2.05, 4.69) is 25.2 Å². The van der Waals surface area contributed by atoms with E-state index in [1.807, 2.05) is 36.4 Å². The number of fused-ring (bicyclic) bond motifs is 1. The Kier molecular flexibility index (Phi) is 4.12. The lowest BCUT2D eigenvalue weighted by Gasteiger charge is -2.21. The minimum absolute atomic E-state index is 0.0392. The first-order chi connectivity index (χ1) is 13.6. The maximum Gasteiger partial charge on any atom is 0.274 e. The van der Waals surface area contributed by atoms with E-state index in [4.69, 9.17) is 0 Å². The zero-order chi connectivity index (χ0) is 19.3. The monoisotopic (exact) mass is 395 g/mol. The number of carbonyl (C=O) groups is 1. The first-order valence-corrected chi connectivity index (χ1v) is 10.3. The van der Waals surface area contributed by atoms with E-state index in [9.17, 15) is 4.79 Å². The van der Waals surface area contributed by atoms with Crippen molar-refractivity contribution in [2.45, 2.75) is 13.8 Å². The van der Waals surface area contributed by atoms with Gasteiger partial charge in [0.05, 0.1) is 5.69 Å². The summed E-state index contributed by atoms with van der Waals surface area (Å²) in [5.41, 5.74) is 2.31. The predicted octanol–water partition coefficient (Wildman–Crippen LogP) is 1.94. The zero-order valence-corrected chi connectivity index (χ0v) is 16.6. The molecule has 0 aliphatic carbocycles. The first kappa shape index (κ1) is 17.3. The van der Waals surface area contributed by atoms with Gasteiger partial charge in [0, 0.05) is 55.3 Å². The highest BCUT2D eigenvalue weighted by atomic mass is 32.1. The highest BCUT2D eigenvalue weighted by Crippen LogP contribution is 2.35. The molecule has 2 saturated heterocycles. The van der Waals surface area contributed by atoms with Crippen molar-refractivity contribution in [2.75, 3.05) is 31.1 Å². The van der Waals surface area contributed by atoms with Crippen molar-refractivity contribution in [3.63, 3.8) is 0 Å². The number of rotatable bonds is 3. The molecule has 5 heterocycles. The summed E-state index contributed by atoms with van der Waals surface area (Å²) >= 11 is 1.67. The minimum Gasteiger partial charge on any atom is -0.347 e. The van der Waals surface area contributed by atoms with Crippen LogP contribution in [0.25, 0.3) is 5.82 Å². The number of anilines is 1. The lowest BCUT2D eigenvalue weighted by Crippen LogP contribution is -2.33. The molecular weight excluding hydrogens is 374 g/mol. The van der Waals surface area contributed by atoms with Gasteiger partial charge in [0.2, 0.25) is 0 Å². The fourth-order valence-electron chi connectivity index (χ4n) is 4.26. The molecule has 0 bridgehead atoms. The highest BCUT2D eigenvalue weighted by Gasteiger charge is 2.42. The van der Waals surface area contributed by atoms with Crippen molar-refractivity contribution in [3.05, 3.63) is 46.9 Å². The smallest absolute Gasteiger partial charge is 0.274 e. The van der Waals surface area contributed by atoms with Gasteiger partial charge < -0.3 is 9.80 Å². The number of aryl methyl sites for hydroxylation is 2. The Bertz CT molecular complexity index is 984. The van der Waals surface area contributed by atoms with Gasteiger partial charge in [-0.3, -0.25) is 4.79 Å². The number of hydrogen-bond donors (Lipinski definition) is 0. The van der Waals surface area contributed by atoms with E-state index < -0.39 is 0 Å². The summed E-state index contributed by atoms with van der Waals surface area (Å²) in [6.45, 7) is 7.38. The minimum atomic E-state index is -0.0392. The summed E-state index contributed by atoms with van der Waals surface area (Å²) in [4.78, 5) is 21.5. The van der Waals surface area contributed by atoms with Gasteiger partial charge in [0.1, 0.15) is 0 Å². The third-order valence-corrected chi connectivity index (χ3v) is 6.39. The maximum absolute atomic E-state index is 12.9. The molecule has 3 aromatic rings. The van der Waals surface area contributed by atoms with Crippen LogP contribution >= 0.6 is 11.3 Å². The molecule has 2 unspecified atom stereocenters. The number of hydrogen-bond acceptors (Lipinski definition) is 7. The quantitative estimate of drug-likeness (QED) is 0.674. The third-order valence-electron chi connectivity index (χ3n) is 5.56. The van der Waals surface area contributed by atoms with Gasteiger partial charge in [-0.1, -0.05) is 0 Å². The number of amides is 1. The molecule has 2 aliphatic heterocycles. The molecule has 2 fully saturated rings. The molecule has 5 rings (SSSR count). The molecule has 2 atom stereocenters. The standard InChI is InChI=1S/C19H21N7OS/c1-12-7-13(2)26(23-12)17-4-3-16(21-22-17)18(27)24-8-14-10-25(11-15(14)9-24)19-20-5-6-28-19/h3-7,14-15H,8-11H2,1-2H3. The van der Waals surface area contributed by atoms with Crippen LogP contribution in [0.3, 0.4) is 0 Å². The SMILES string of the molecule is Cc1cc(C)n(-c2ccc(C(=O)N3CC4CN(c5nccs5)CC4C3)nn2)n1. The van der Waals surface area contributed by atoms with Gasteiger partial charge in [0.15, 0.2) is 16.6 Å². The topological polar surface area (TPSA) is 80.0 Å². The normalized spacial score (nSPS) is 21.4. The molecule has 28 heavy (non-hydrogen) atoms. The number of carbonyl (C=O) groups excluding carboxylic acids is 1. The van der Waals surface area contributed by atoms with Crippen molar-refractivity contribution in [3.8, 4) is 5.82 Å². The Labute approximate surface area is 166 Å². The van der Waals surface area contributed by atoms with E-state index in [0.29, 0.717) is 23.3 Å². The van der Waals surface area contributed by atoms with Crippen molar-refractivity contribution in [2.24, 2.45) is 11.8 Å². The van der Waals surface area contributed by atoms with E-state index in [1.54, 1.807) is 28.2 Å². The number of nitrogens with zero attached hydrogens (tertiary/aromatic N) is 7. The van der Waals surface area contributed by atoms with Crippen molar-refractivity contribution in [1.82, 2.24) is 29.9 Å². The predicted molar refractivity (Wildman–Crippen MR) is 106 cm³/mol. The molecule has 2 aliphatic rings. The van der Waals surface area contributed by atoms with Gasteiger partial charge in [-0.15, -0.1) is 21.5 Å². The van der Waals surface area contributed by atoms with Gasteiger partial charge in [-0.25, -0.2) is 9.67 Å². The number of likely N-dealkylation sites (tertiary alicyclic amines) is 1. The van der Waals surface area contributed by atoms with Crippen LogP contribution in [0.4, 0.5) is 5.13 Å². The lowest BCUT2D eigenvalue weighted by atomic mass is 10.0. The lowest BCUT2D eigenvalue weighted by molar-refractivity contribution is 0.0775. The average molecular weight is 395 g/mol. The van der Waals surface area contributed by atoms with E-state index >= 15 is 0 Å². The number of thiazole rings is 1. The largest absolute Gasteiger partial charge is 0.347 e. The summed E-state index contributed by atoms with van der Waals surface area (Å²) < 4.78 is 1.74. The van der Waals surface area contributed by atoms with Crippen molar-refractivity contribution in [1.29, 1.82) is 0 Å². The van der Waals surface area contributed by atoms with Gasteiger partial charge in [-0.2, -0.15) is 5.10 Å².